The summed E-state index contributed by atoms with van der Waals surface area (Å²) in [4.78, 5) is 0. The van der Waals surface area contributed by atoms with E-state index in [0.717, 1.165) is 18.4 Å². The smallest absolute Gasteiger partial charge is 0.207 e. The van der Waals surface area contributed by atoms with Crippen molar-refractivity contribution in [3.8, 4) is 0 Å². The average Bonchev–Trinajstić information content (AvgIpc) is 3.12. The molecule has 0 radical (unpaired) electrons. The van der Waals surface area contributed by atoms with Gasteiger partial charge in [-0.15, -0.1) is 11.3 Å². The molecule has 6 heteroatoms. The molecule has 112 valence electrons. The first-order valence-corrected chi connectivity index (χ1v) is 9.19. The number of thiophene rings is 1. The maximum absolute atomic E-state index is 12.9. The van der Waals surface area contributed by atoms with E-state index in [0.29, 0.717) is 17.2 Å². The molecule has 1 unspecified atom stereocenters. The van der Waals surface area contributed by atoms with Crippen LogP contribution in [0.15, 0.2) is 46.0 Å². The van der Waals surface area contributed by atoms with Gasteiger partial charge in [0.05, 0.1) is 0 Å². The monoisotopic (exact) mass is 325 g/mol. The maximum atomic E-state index is 12.9. The van der Waals surface area contributed by atoms with Crippen LogP contribution in [0.4, 0.5) is 4.39 Å². The van der Waals surface area contributed by atoms with Crippen molar-refractivity contribution in [3.63, 3.8) is 0 Å². The van der Waals surface area contributed by atoms with Crippen molar-refractivity contribution in [1.82, 2.24) is 4.31 Å². The highest BCUT2D eigenvalue weighted by Crippen LogP contribution is 2.30. The molecule has 3 rings (SSSR count). The number of hydrogen-bond donors (Lipinski definition) is 0. The van der Waals surface area contributed by atoms with Crippen molar-refractivity contribution in [2.75, 3.05) is 6.54 Å². The lowest BCUT2D eigenvalue weighted by atomic mass is 10.0. The Hall–Kier alpha value is -1.24. The number of benzene rings is 1. The SMILES string of the molecule is O=S(=O)(c1cccs1)N1CCCC1Cc1ccc(F)cc1. The van der Waals surface area contributed by atoms with Gasteiger partial charge in [-0.05, 0) is 48.4 Å². The summed E-state index contributed by atoms with van der Waals surface area (Å²) in [7, 11) is -3.40. The fourth-order valence-electron chi connectivity index (χ4n) is 2.75. The minimum atomic E-state index is -3.40. The van der Waals surface area contributed by atoms with E-state index in [1.54, 1.807) is 34.0 Å². The summed E-state index contributed by atoms with van der Waals surface area (Å²) >= 11 is 1.25. The molecular formula is C15H16FNO2S2. The summed E-state index contributed by atoms with van der Waals surface area (Å²) in [6.45, 7) is 0.562. The van der Waals surface area contributed by atoms with Gasteiger partial charge in [-0.25, -0.2) is 12.8 Å². The minimum Gasteiger partial charge on any atom is -0.207 e. The second-order valence-electron chi connectivity index (χ2n) is 5.17. The normalized spacial score (nSPS) is 20.0. The zero-order valence-electron chi connectivity index (χ0n) is 11.4. The Labute approximate surface area is 128 Å². The first-order valence-electron chi connectivity index (χ1n) is 6.87. The quantitative estimate of drug-likeness (QED) is 0.865. The molecule has 0 saturated carbocycles. The van der Waals surface area contributed by atoms with Crippen LogP contribution in [0.25, 0.3) is 0 Å². The van der Waals surface area contributed by atoms with Gasteiger partial charge in [0.2, 0.25) is 0 Å². The van der Waals surface area contributed by atoms with Gasteiger partial charge in [0, 0.05) is 12.6 Å². The predicted octanol–water partition coefficient (Wildman–Crippen LogP) is 3.28. The van der Waals surface area contributed by atoms with Crippen molar-refractivity contribution < 1.29 is 12.8 Å². The molecule has 0 N–H and O–H groups in total. The number of sulfonamides is 1. The molecule has 0 bridgehead atoms. The molecule has 1 aliphatic rings. The van der Waals surface area contributed by atoms with Gasteiger partial charge >= 0.3 is 0 Å². The van der Waals surface area contributed by atoms with Gasteiger partial charge in [-0.3, -0.25) is 0 Å². The molecule has 0 spiro atoms. The van der Waals surface area contributed by atoms with Crippen LogP contribution in [0.2, 0.25) is 0 Å². The van der Waals surface area contributed by atoms with Gasteiger partial charge in [0.15, 0.2) is 0 Å². The first-order chi connectivity index (χ1) is 10.1. The van der Waals surface area contributed by atoms with Gasteiger partial charge in [-0.1, -0.05) is 18.2 Å². The average molecular weight is 325 g/mol. The summed E-state index contributed by atoms with van der Waals surface area (Å²) < 4.78 is 40.2. The molecule has 3 nitrogen and oxygen atoms in total. The first kappa shape index (κ1) is 14.7. The minimum absolute atomic E-state index is 0.0393. The van der Waals surface area contributed by atoms with Gasteiger partial charge in [0.25, 0.3) is 10.0 Å². The van der Waals surface area contributed by atoms with E-state index in [9.17, 15) is 12.8 Å². The standard InChI is InChI=1S/C15H16FNO2S2/c16-13-7-5-12(6-8-13)11-14-3-1-9-17(14)21(18,19)15-4-2-10-20-15/h2,4-8,10,14H,1,3,9,11H2. The fraction of sp³-hybridized carbons (Fsp3) is 0.333. The highest BCUT2D eigenvalue weighted by atomic mass is 32.2. The second-order valence-corrected chi connectivity index (χ2v) is 8.24. The van der Waals surface area contributed by atoms with Gasteiger partial charge < -0.3 is 0 Å². The summed E-state index contributed by atoms with van der Waals surface area (Å²) in [6, 6.07) is 9.65. The van der Waals surface area contributed by atoms with E-state index >= 15 is 0 Å². The molecule has 2 heterocycles. The van der Waals surface area contributed by atoms with Crippen LogP contribution >= 0.6 is 11.3 Å². The number of hydrogen-bond acceptors (Lipinski definition) is 3. The van der Waals surface area contributed by atoms with Crippen LogP contribution in [0, 0.1) is 5.82 Å². The van der Waals surface area contributed by atoms with Crippen LogP contribution in [0.5, 0.6) is 0 Å². The summed E-state index contributed by atoms with van der Waals surface area (Å²) in [5.74, 6) is -0.270. The molecule has 1 aromatic carbocycles. The lowest BCUT2D eigenvalue weighted by Gasteiger charge is -2.23. The third-order valence-corrected chi connectivity index (χ3v) is 7.09. The topological polar surface area (TPSA) is 37.4 Å². The summed E-state index contributed by atoms with van der Waals surface area (Å²) in [5.41, 5.74) is 0.967. The van der Waals surface area contributed by atoms with Crippen molar-refractivity contribution in [1.29, 1.82) is 0 Å². The fourth-order valence-corrected chi connectivity index (χ4v) is 5.56. The molecule has 0 amide bonds. The van der Waals surface area contributed by atoms with Crippen LogP contribution in [-0.4, -0.2) is 25.3 Å². The van der Waals surface area contributed by atoms with Crippen molar-refractivity contribution in [2.45, 2.75) is 29.5 Å². The van der Waals surface area contributed by atoms with Crippen LogP contribution in [0.1, 0.15) is 18.4 Å². The summed E-state index contributed by atoms with van der Waals surface area (Å²) in [6.07, 6.45) is 2.35. The number of rotatable bonds is 4. The van der Waals surface area contributed by atoms with E-state index in [1.165, 1.54) is 23.5 Å². The molecule has 0 aliphatic carbocycles. The summed E-state index contributed by atoms with van der Waals surface area (Å²) in [5, 5.41) is 1.78. The third kappa shape index (κ3) is 3.02. The van der Waals surface area contributed by atoms with E-state index in [2.05, 4.69) is 0 Å². The third-order valence-electron chi connectivity index (χ3n) is 3.77. The van der Waals surface area contributed by atoms with Crippen molar-refractivity contribution in [3.05, 3.63) is 53.2 Å². The van der Waals surface area contributed by atoms with Gasteiger partial charge in [0.1, 0.15) is 10.0 Å². The molecule has 1 aromatic heterocycles. The largest absolute Gasteiger partial charge is 0.252 e. The Bertz CT molecular complexity index is 696. The van der Waals surface area contributed by atoms with E-state index in [-0.39, 0.29) is 11.9 Å². The lowest BCUT2D eigenvalue weighted by molar-refractivity contribution is 0.386. The van der Waals surface area contributed by atoms with Crippen molar-refractivity contribution in [2.24, 2.45) is 0 Å². The molecule has 21 heavy (non-hydrogen) atoms. The van der Waals surface area contributed by atoms with Crippen molar-refractivity contribution >= 4 is 21.4 Å². The maximum Gasteiger partial charge on any atom is 0.252 e. The molecule has 1 aliphatic heterocycles. The highest BCUT2D eigenvalue weighted by molar-refractivity contribution is 7.91. The second kappa shape index (κ2) is 5.87. The number of halogens is 1. The van der Waals surface area contributed by atoms with Crippen LogP contribution in [-0.2, 0) is 16.4 Å². The zero-order valence-corrected chi connectivity index (χ0v) is 13.0. The van der Waals surface area contributed by atoms with E-state index in [4.69, 9.17) is 0 Å². The predicted molar refractivity (Wildman–Crippen MR) is 81.3 cm³/mol. The zero-order chi connectivity index (χ0) is 14.9. The Morgan fingerprint density at radius 2 is 2.00 bits per heavy atom. The molecular weight excluding hydrogens is 309 g/mol. The Morgan fingerprint density at radius 3 is 2.67 bits per heavy atom. The van der Waals surface area contributed by atoms with E-state index in [1.807, 2.05) is 0 Å². The Balaban J connectivity index is 1.81. The van der Waals surface area contributed by atoms with Crippen LogP contribution < -0.4 is 0 Å². The van der Waals surface area contributed by atoms with Gasteiger partial charge in [-0.2, -0.15) is 4.31 Å². The van der Waals surface area contributed by atoms with Crippen LogP contribution in [0.3, 0.4) is 0 Å². The molecule has 1 atom stereocenters. The Kier molecular flexibility index (Phi) is 4.10. The molecule has 1 saturated heterocycles. The highest BCUT2D eigenvalue weighted by Gasteiger charge is 2.35. The lowest BCUT2D eigenvalue weighted by Crippen LogP contribution is -2.36. The number of nitrogens with zero attached hydrogens (tertiary/aromatic N) is 1. The van der Waals surface area contributed by atoms with E-state index < -0.39 is 10.0 Å². The molecule has 1 fully saturated rings. The Morgan fingerprint density at radius 1 is 1.24 bits per heavy atom. The molecule has 2 aromatic rings.